The van der Waals surface area contributed by atoms with Gasteiger partial charge in [0.2, 0.25) is 10.7 Å². The van der Waals surface area contributed by atoms with E-state index in [1.54, 1.807) is 21.5 Å². The van der Waals surface area contributed by atoms with Crippen LogP contribution in [0.1, 0.15) is 0 Å². The van der Waals surface area contributed by atoms with Crippen LogP contribution < -0.4 is 5.32 Å². The largest absolute Gasteiger partial charge is 0.324 e. The van der Waals surface area contributed by atoms with Crippen LogP contribution in [0, 0.1) is 10.6 Å². The van der Waals surface area contributed by atoms with Gasteiger partial charge in [-0.05, 0) is 72.9 Å². The predicted molar refractivity (Wildman–Crippen MR) is 112 cm³/mol. The first kappa shape index (κ1) is 19.1. The average molecular weight is 428 g/mol. The first-order valence-corrected chi connectivity index (χ1v) is 9.45. The summed E-state index contributed by atoms with van der Waals surface area (Å²) in [6, 6.07) is 16.5. The van der Waals surface area contributed by atoms with E-state index in [0.29, 0.717) is 21.3 Å². The molecule has 2 aromatic carbocycles. The molecule has 0 bridgehead atoms. The molecule has 0 aliphatic heterocycles. The Balaban J connectivity index is 1.68. The highest BCUT2D eigenvalue weighted by atomic mass is 35.5. The van der Waals surface area contributed by atoms with Crippen molar-refractivity contribution in [2.24, 2.45) is 0 Å². The van der Waals surface area contributed by atoms with Crippen LogP contribution in [0.3, 0.4) is 0 Å². The number of nitrogens with one attached hydrogen (secondary N) is 1. The minimum absolute atomic E-state index is 0.0922. The summed E-state index contributed by atoms with van der Waals surface area (Å²) in [5.74, 6) is -0.131. The molecule has 0 aliphatic rings. The molecule has 2 aromatic heterocycles. The minimum Gasteiger partial charge on any atom is -0.324 e. The summed E-state index contributed by atoms with van der Waals surface area (Å²) >= 11 is 11.6. The quantitative estimate of drug-likeness (QED) is 0.472. The Morgan fingerprint density at radius 1 is 1.07 bits per heavy atom. The summed E-state index contributed by atoms with van der Waals surface area (Å²) in [5.41, 5.74) is 1.29. The fraction of sp³-hybridized carbons (Fsp3) is 0.0500. The second-order valence-corrected chi connectivity index (χ2v) is 7.00. The number of carbonyl (C=O) groups excluding carboxylic acids is 1. The number of hydrogen-bond acceptors (Lipinski definition) is 3. The Morgan fingerprint density at radius 3 is 2.38 bits per heavy atom. The molecule has 146 valence electrons. The highest BCUT2D eigenvalue weighted by molar-refractivity contribution is 7.71. The maximum Gasteiger partial charge on any atom is 0.246 e. The third-order valence-electron chi connectivity index (χ3n) is 4.16. The third-order valence-corrected chi connectivity index (χ3v) is 4.80. The van der Waals surface area contributed by atoms with E-state index in [2.05, 4.69) is 10.4 Å². The van der Waals surface area contributed by atoms with E-state index in [1.165, 1.54) is 28.9 Å². The molecular formula is C20H15ClFN5OS. The number of aromatic nitrogens is 4. The Kier molecular flexibility index (Phi) is 5.28. The van der Waals surface area contributed by atoms with Crippen molar-refractivity contribution in [2.45, 2.75) is 6.54 Å². The van der Waals surface area contributed by atoms with E-state index >= 15 is 0 Å². The zero-order valence-electron chi connectivity index (χ0n) is 15.0. The van der Waals surface area contributed by atoms with Crippen molar-refractivity contribution < 1.29 is 9.18 Å². The van der Waals surface area contributed by atoms with Gasteiger partial charge >= 0.3 is 0 Å². The Hall–Kier alpha value is -3.23. The van der Waals surface area contributed by atoms with Crippen molar-refractivity contribution in [3.63, 3.8) is 0 Å². The standard InChI is InChI=1S/C20H15ClFN5OS/c21-15-5-3-14(4-6-15)19-24-26(20(29)27(19)25-11-1-2-12-25)13-18(28)23-17-9-7-16(22)8-10-17/h1-12H,13H2,(H,23,28). The zero-order chi connectivity index (χ0) is 20.4. The Bertz CT molecular complexity index is 1200. The van der Waals surface area contributed by atoms with Gasteiger partial charge in [0.15, 0.2) is 5.82 Å². The lowest BCUT2D eigenvalue weighted by atomic mass is 10.2. The van der Waals surface area contributed by atoms with Gasteiger partial charge in [0.1, 0.15) is 12.4 Å². The average Bonchev–Trinajstić information content (AvgIpc) is 3.33. The van der Waals surface area contributed by atoms with Crippen LogP contribution in [0.2, 0.25) is 5.02 Å². The summed E-state index contributed by atoms with van der Waals surface area (Å²) in [6.07, 6.45) is 3.67. The molecule has 6 nitrogen and oxygen atoms in total. The van der Waals surface area contributed by atoms with E-state index in [-0.39, 0.29) is 18.3 Å². The smallest absolute Gasteiger partial charge is 0.246 e. The maximum absolute atomic E-state index is 13.0. The van der Waals surface area contributed by atoms with Gasteiger partial charge in [-0.2, -0.15) is 0 Å². The number of hydrogen-bond donors (Lipinski definition) is 1. The van der Waals surface area contributed by atoms with E-state index in [0.717, 1.165) is 5.56 Å². The highest BCUT2D eigenvalue weighted by Crippen LogP contribution is 2.21. The molecule has 0 spiro atoms. The Morgan fingerprint density at radius 2 is 1.72 bits per heavy atom. The molecule has 0 radical (unpaired) electrons. The molecule has 0 unspecified atom stereocenters. The summed E-state index contributed by atoms with van der Waals surface area (Å²) in [4.78, 5) is 12.5. The normalized spacial score (nSPS) is 10.8. The molecule has 4 rings (SSSR count). The van der Waals surface area contributed by atoms with Gasteiger partial charge in [-0.1, -0.05) is 11.6 Å². The maximum atomic E-state index is 13.0. The van der Waals surface area contributed by atoms with Crippen LogP contribution in [0.4, 0.5) is 10.1 Å². The van der Waals surface area contributed by atoms with E-state index in [4.69, 9.17) is 23.8 Å². The second-order valence-electron chi connectivity index (χ2n) is 6.20. The predicted octanol–water partition coefficient (Wildman–Crippen LogP) is 4.63. The lowest BCUT2D eigenvalue weighted by molar-refractivity contribution is -0.116. The van der Waals surface area contributed by atoms with Crippen LogP contribution in [-0.4, -0.2) is 25.0 Å². The molecule has 0 fully saturated rings. The number of rotatable bonds is 5. The molecular weight excluding hydrogens is 413 g/mol. The number of amides is 1. The molecule has 4 aromatic rings. The fourth-order valence-electron chi connectivity index (χ4n) is 2.82. The van der Waals surface area contributed by atoms with E-state index in [1.807, 2.05) is 36.7 Å². The first-order valence-electron chi connectivity index (χ1n) is 8.66. The number of carbonyl (C=O) groups is 1. The first-order chi connectivity index (χ1) is 14.0. The van der Waals surface area contributed by atoms with Crippen LogP contribution in [0.5, 0.6) is 0 Å². The number of nitrogens with zero attached hydrogens (tertiary/aromatic N) is 4. The van der Waals surface area contributed by atoms with Crippen molar-refractivity contribution in [3.05, 3.63) is 88.7 Å². The monoisotopic (exact) mass is 427 g/mol. The molecule has 0 aliphatic carbocycles. The third kappa shape index (κ3) is 4.13. The van der Waals surface area contributed by atoms with Crippen LogP contribution in [0.15, 0.2) is 73.1 Å². The molecule has 9 heteroatoms. The Labute approximate surface area is 175 Å². The van der Waals surface area contributed by atoms with Gasteiger partial charge in [0.25, 0.3) is 0 Å². The highest BCUT2D eigenvalue weighted by Gasteiger charge is 2.16. The number of halogens is 2. The number of anilines is 1. The van der Waals surface area contributed by atoms with Gasteiger partial charge in [0, 0.05) is 28.7 Å². The molecule has 0 saturated carbocycles. The number of benzene rings is 2. The van der Waals surface area contributed by atoms with Crippen LogP contribution >= 0.6 is 23.8 Å². The zero-order valence-corrected chi connectivity index (χ0v) is 16.6. The van der Waals surface area contributed by atoms with Crippen molar-refractivity contribution >= 4 is 35.4 Å². The molecule has 0 atom stereocenters. The molecule has 2 heterocycles. The van der Waals surface area contributed by atoms with Crippen molar-refractivity contribution in [2.75, 3.05) is 5.32 Å². The van der Waals surface area contributed by atoms with Crippen molar-refractivity contribution in [3.8, 4) is 11.4 Å². The van der Waals surface area contributed by atoms with Crippen LogP contribution in [0.25, 0.3) is 11.4 Å². The topological polar surface area (TPSA) is 56.8 Å². The summed E-state index contributed by atoms with van der Waals surface area (Å²) < 4.78 is 18.3. The SMILES string of the molecule is O=C(Cn1nc(-c2ccc(Cl)cc2)n(-n2cccc2)c1=S)Nc1ccc(F)cc1. The lowest BCUT2D eigenvalue weighted by Gasteiger charge is -2.07. The van der Waals surface area contributed by atoms with Gasteiger partial charge in [0.05, 0.1) is 0 Å². The molecule has 1 N–H and O–H groups in total. The van der Waals surface area contributed by atoms with E-state index in [9.17, 15) is 9.18 Å². The van der Waals surface area contributed by atoms with Gasteiger partial charge in [-0.25, -0.2) is 13.7 Å². The minimum atomic E-state index is -0.372. The summed E-state index contributed by atoms with van der Waals surface area (Å²) in [5, 5.41) is 7.87. The van der Waals surface area contributed by atoms with Crippen LogP contribution in [-0.2, 0) is 11.3 Å². The summed E-state index contributed by atoms with van der Waals surface area (Å²) in [6.45, 7) is -0.0922. The van der Waals surface area contributed by atoms with Crippen molar-refractivity contribution in [1.29, 1.82) is 0 Å². The van der Waals surface area contributed by atoms with Gasteiger partial charge in [-0.15, -0.1) is 5.10 Å². The molecule has 0 saturated heterocycles. The summed E-state index contributed by atoms with van der Waals surface area (Å²) in [7, 11) is 0. The fourth-order valence-corrected chi connectivity index (χ4v) is 3.23. The van der Waals surface area contributed by atoms with Gasteiger partial charge < -0.3 is 5.32 Å². The van der Waals surface area contributed by atoms with Crippen molar-refractivity contribution in [1.82, 2.24) is 19.1 Å². The molecule has 29 heavy (non-hydrogen) atoms. The second kappa shape index (κ2) is 8.02. The van der Waals surface area contributed by atoms with Gasteiger partial charge in [-0.3, -0.25) is 9.47 Å². The lowest BCUT2D eigenvalue weighted by Crippen LogP contribution is -2.20. The molecule has 1 amide bonds. The van der Waals surface area contributed by atoms with E-state index < -0.39 is 0 Å².